The molecular formula is C17H19ClN4OS. The van der Waals surface area contributed by atoms with Crippen LogP contribution in [0.15, 0.2) is 23.5 Å². The molecule has 0 atom stereocenters. The third kappa shape index (κ3) is 3.21. The number of ketones is 1. The van der Waals surface area contributed by atoms with E-state index in [0.717, 1.165) is 22.5 Å². The van der Waals surface area contributed by atoms with Crippen molar-refractivity contribution >= 4 is 40.3 Å². The fourth-order valence-electron chi connectivity index (χ4n) is 2.99. The van der Waals surface area contributed by atoms with Crippen LogP contribution in [-0.4, -0.2) is 31.1 Å². The average Bonchev–Trinajstić information content (AvgIpc) is 3.04. The van der Waals surface area contributed by atoms with Crippen LogP contribution in [0.2, 0.25) is 5.02 Å². The molecule has 3 rings (SSSR count). The third-order valence-electron chi connectivity index (χ3n) is 3.92. The Morgan fingerprint density at radius 3 is 2.79 bits per heavy atom. The fraction of sp³-hybridized carbons (Fsp3) is 0.353. The van der Waals surface area contributed by atoms with Crippen molar-refractivity contribution in [1.82, 2.24) is 19.5 Å². The Bertz CT molecular complexity index is 913. The van der Waals surface area contributed by atoms with Crippen LogP contribution in [0.4, 0.5) is 0 Å². The van der Waals surface area contributed by atoms with Crippen molar-refractivity contribution in [3.8, 4) is 0 Å². The molecule has 3 aromatic heterocycles. The molecule has 0 saturated heterocycles. The number of hydrogen-bond donors (Lipinski definition) is 1. The number of halogens is 1. The first-order valence-electron chi connectivity index (χ1n) is 7.72. The maximum Gasteiger partial charge on any atom is 0.178 e. The van der Waals surface area contributed by atoms with Gasteiger partial charge in [-0.25, -0.2) is 9.97 Å². The SMILES string of the molecule is Cc1cc(C(=O)CSc2nc3ncc(Cl)cc3[nH]2)c(C)n1C(C)C. The van der Waals surface area contributed by atoms with Crippen molar-refractivity contribution in [2.45, 2.75) is 38.9 Å². The van der Waals surface area contributed by atoms with Gasteiger partial charge in [0.15, 0.2) is 16.6 Å². The molecule has 0 aromatic carbocycles. The van der Waals surface area contributed by atoms with Crippen molar-refractivity contribution in [1.29, 1.82) is 0 Å². The Kier molecular flexibility index (Phi) is 4.69. The van der Waals surface area contributed by atoms with E-state index in [4.69, 9.17) is 11.6 Å². The maximum atomic E-state index is 12.6. The summed E-state index contributed by atoms with van der Waals surface area (Å²) in [4.78, 5) is 24.3. The van der Waals surface area contributed by atoms with Crippen molar-refractivity contribution in [2.24, 2.45) is 0 Å². The highest BCUT2D eigenvalue weighted by atomic mass is 35.5. The number of nitrogens with one attached hydrogen (secondary N) is 1. The summed E-state index contributed by atoms with van der Waals surface area (Å²) in [6.45, 7) is 8.27. The second-order valence-corrected chi connectivity index (χ2v) is 7.43. The summed E-state index contributed by atoms with van der Waals surface area (Å²) < 4.78 is 2.19. The summed E-state index contributed by atoms with van der Waals surface area (Å²) in [5.41, 5.74) is 4.29. The number of fused-ring (bicyclic) bond motifs is 1. The standard InChI is InChI=1S/C17H19ClN4OS/c1-9(2)22-10(3)5-13(11(22)4)15(23)8-24-17-20-14-6-12(18)7-19-16(14)21-17/h5-7,9H,8H2,1-4H3,(H,19,20,21). The normalized spacial score (nSPS) is 11.6. The first kappa shape index (κ1) is 17.0. The van der Waals surface area contributed by atoms with Gasteiger partial charge in [0.25, 0.3) is 0 Å². The first-order valence-corrected chi connectivity index (χ1v) is 9.09. The van der Waals surface area contributed by atoms with Crippen LogP contribution in [-0.2, 0) is 0 Å². The molecule has 0 aliphatic rings. The molecule has 0 radical (unpaired) electrons. The van der Waals surface area contributed by atoms with Crippen LogP contribution >= 0.6 is 23.4 Å². The van der Waals surface area contributed by atoms with E-state index in [-0.39, 0.29) is 5.78 Å². The molecule has 3 heterocycles. The third-order valence-corrected chi connectivity index (χ3v) is 5.00. The molecule has 0 saturated carbocycles. The molecule has 1 N–H and O–H groups in total. The Morgan fingerprint density at radius 2 is 2.12 bits per heavy atom. The Hall–Kier alpha value is -1.79. The topological polar surface area (TPSA) is 63.6 Å². The number of aromatic nitrogens is 4. The number of imidazole rings is 1. The van der Waals surface area contributed by atoms with Crippen molar-refractivity contribution in [3.05, 3.63) is 40.3 Å². The number of carbonyl (C=O) groups excluding carboxylic acids is 1. The van der Waals surface area contributed by atoms with Gasteiger partial charge in [-0.3, -0.25) is 4.79 Å². The van der Waals surface area contributed by atoms with Gasteiger partial charge in [0, 0.05) is 29.2 Å². The van der Waals surface area contributed by atoms with E-state index in [1.54, 1.807) is 12.3 Å². The van der Waals surface area contributed by atoms with E-state index >= 15 is 0 Å². The molecule has 0 amide bonds. The van der Waals surface area contributed by atoms with Gasteiger partial charge in [0.05, 0.1) is 16.3 Å². The number of pyridine rings is 1. The van der Waals surface area contributed by atoms with Gasteiger partial charge in [0.2, 0.25) is 0 Å². The van der Waals surface area contributed by atoms with E-state index < -0.39 is 0 Å². The van der Waals surface area contributed by atoms with E-state index in [1.165, 1.54) is 11.8 Å². The number of hydrogen-bond acceptors (Lipinski definition) is 4. The monoisotopic (exact) mass is 362 g/mol. The molecule has 0 unspecified atom stereocenters. The van der Waals surface area contributed by atoms with E-state index in [2.05, 4.69) is 33.4 Å². The summed E-state index contributed by atoms with van der Waals surface area (Å²) in [5.74, 6) is 0.433. The first-order chi connectivity index (χ1) is 11.4. The molecule has 5 nitrogen and oxygen atoms in total. The van der Waals surface area contributed by atoms with Crippen LogP contribution in [0.1, 0.15) is 41.6 Å². The second-order valence-electron chi connectivity index (χ2n) is 6.03. The molecule has 0 aliphatic heterocycles. The maximum absolute atomic E-state index is 12.6. The molecule has 0 bridgehead atoms. The van der Waals surface area contributed by atoms with Gasteiger partial charge in [0.1, 0.15) is 0 Å². The van der Waals surface area contributed by atoms with E-state index in [9.17, 15) is 4.79 Å². The zero-order valence-corrected chi connectivity index (χ0v) is 15.6. The summed E-state index contributed by atoms with van der Waals surface area (Å²) >= 11 is 7.30. The summed E-state index contributed by atoms with van der Waals surface area (Å²) in [5, 5.41) is 1.23. The van der Waals surface area contributed by atoms with Crippen molar-refractivity contribution in [3.63, 3.8) is 0 Å². The van der Waals surface area contributed by atoms with Crippen LogP contribution in [0.5, 0.6) is 0 Å². The van der Waals surface area contributed by atoms with Gasteiger partial charge >= 0.3 is 0 Å². The van der Waals surface area contributed by atoms with Crippen molar-refractivity contribution < 1.29 is 4.79 Å². The number of nitrogens with zero attached hydrogens (tertiary/aromatic N) is 3. The smallest absolute Gasteiger partial charge is 0.178 e. The predicted octanol–water partition coefficient (Wildman–Crippen LogP) is 4.59. The fourth-order valence-corrected chi connectivity index (χ4v) is 3.90. The zero-order chi connectivity index (χ0) is 17.4. The molecule has 3 aromatic rings. The number of aromatic amines is 1. The minimum atomic E-state index is 0.103. The van der Waals surface area contributed by atoms with Gasteiger partial charge in [-0.1, -0.05) is 23.4 Å². The zero-order valence-electron chi connectivity index (χ0n) is 14.1. The molecule has 7 heteroatoms. The molecule has 126 valence electrons. The molecule has 24 heavy (non-hydrogen) atoms. The Labute approximate surface area is 149 Å². The minimum Gasteiger partial charge on any atom is -0.346 e. The number of Topliss-reactive ketones (excluding diaryl/α,β-unsaturated/α-hetero) is 1. The van der Waals surface area contributed by atoms with E-state index in [1.807, 2.05) is 19.9 Å². The summed E-state index contributed by atoms with van der Waals surface area (Å²) in [6, 6.07) is 4.09. The van der Waals surface area contributed by atoms with Gasteiger partial charge < -0.3 is 9.55 Å². The number of rotatable bonds is 5. The Morgan fingerprint density at radius 1 is 1.38 bits per heavy atom. The van der Waals surface area contributed by atoms with Crippen LogP contribution in [0, 0.1) is 13.8 Å². The number of thioether (sulfide) groups is 1. The summed E-state index contributed by atoms with van der Waals surface area (Å²) in [7, 11) is 0. The predicted molar refractivity (Wildman–Crippen MR) is 98.2 cm³/mol. The molecule has 0 spiro atoms. The van der Waals surface area contributed by atoms with Gasteiger partial charge in [-0.15, -0.1) is 0 Å². The number of carbonyl (C=O) groups is 1. The lowest BCUT2D eigenvalue weighted by atomic mass is 10.2. The lowest BCUT2D eigenvalue weighted by molar-refractivity contribution is 0.102. The van der Waals surface area contributed by atoms with Crippen LogP contribution in [0.3, 0.4) is 0 Å². The lowest BCUT2D eigenvalue weighted by Crippen LogP contribution is -2.08. The van der Waals surface area contributed by atoms with Crippen LogP contribution < -0.4 is 0 Å². The largest absolute Gasteiger partial charge is 0.346 e. The average molecular weight is 363 g/mol. The highest BCUT2D eigenvalue weighted by Gasteiger charge is 2.18. The van der Waals surface area contributed by atoms with Crippen molar-refractivity contribution in [2.75, 3.05) is 5.75 Å². The quantitative estimate of drug-likeness (QED) is 0.532. The lowest BCUT2D eigenvalue weighted by Gasteiger charge is -2.13. The second kappa shape index (κ2) is 6.61. The molecule has 0 fully saturated rings. The number of aryl methyl sites for hydroxylation is 1. The van der Waals surface area contributed by atoms with E-state index in [0.29, 0.717) is 27.6 Å². The Balaban J connectivity index is 1.76. The van der Waals surface area contributed by atoms with Gasteiger partial charge in [-0.2, -0.15) is 0 Å². The van der Waals surface area contributed by atoms with Gasteiger partial charge in [-0.05, 0) is 39.8 Å². The highest BCUT2D eigenvalue weighted by molar-refractivity contribution is 7.99. The molecular weight excluding hydrogens is 344 g/mol. The minimum absolute atomic E-state index is 0.103. The van der Waals surface area contributed by atoms with Crippen LogP contribution in [0.25, 0.3) is 11.2 Å². The molecule has 0 aliphatic carbocycles. The number of H-pyrrole nitrogens is 1. The highest BCUT2D eigenvalue weighted by Crippen LogP contribution is 2.24. The summed E-state index contributed by atoms with van der Waals surface area (Å²) in [6.07, 6.45) is 1.56.